The number of nitrogens with zero attached hydrogens (tertiary/aromatic N) is 2. The molecule has 0 aliphatic heterocycles. The molecule has 0 aliphatic rings. The van der Waals surface area contributed by atoms with Crippen LogP contribution >= 0.6 is 27.5 Å². The van der Waals surface area contributed by atoms with Crippen LogP contribution < -0.4 is 5.73 Å². The normalized spacial score (nSPS) is 11.5. The molecule has 1 aromatic heterocycles. The van der Waals surface area contributed by atoms with Crippen LogP contribution in [-0.4, -0.2) is 9.55 Å². The average molecular weight is 365 g/mol. The van der Waals surface area contributed by atoms with Gasteiger partial charge in [-0.15, -0.1) is 0 Å². The Morgan fingerprint density at radius 2 is 1.95 bits per heavy atom. The lowest BCUT2D eigenvalue weighted by molar-refractivity contribution is 0.624. The third-order valence-electron chi connectivity index (χ3n) is 3.42. The van der Waals surface area contributed by atoms with Crippen LogP contribution in [0.15, 0.2) is 40.9 Å². The van der Waals surface area contributed by atoms with Crippen LogP contribution in [0.5, 0.6) is 0 Å². The topological polar surface area (TPSA) is 43.8 Å². The van der Waals surface area contributed by atoms with Gasteiger partial charge in [0.2, 0.25) is 0 Å². The predicted octanol–water partition coefficient (Wildman–Crippen LogP) is 5.28. The number of imidazole rings is 1. The monoisotopic (exact) mass is 363 g/mol. The molecule has 3 nitrogen and oxygen atoms in total. The molecule has 3 aromatic rings. The summed E-state index contributed by atoms with van der Waals surface area (Å²) in [5.74, 6) is 0.862. The summed E-state index contributed by atoms with van der Waals surface area (Å²) in [6, 6.07) is 11.8. The molecule has 21 heavy (non-hydrogen) atoms. The lowest BCUT2D eigenvalue weighted by Gasteiger charge is -2.14. The fourth-order valence-corrected chi connectivity index (χ4v) is 3.03. The number of nitrogens with two attached hydrogens (primary N) is 1. The summed E-state index contributed by atoms with van der Waals surface area (Å²) in [5.41, 5.74) is 9.71. The van der Waals surface area contributed by atoms with Crippen molar-refractivity contribution in [3.8, 4) is 11.4 Å². The van der Waals surface area contributed by atoms with Crippen molar-refractivity contribution in [2.45, 2.75) is 19.9 Å². The van der Waals surface area contributed by atoms with E-state index in [1.165, 1.54) is 0 Å². The zero-order chi connectivity index (χ0) is 15.1. The lowest BCUT2D eigenvalue weighted by Crippen LogP contribution is -2.04. The third kappa shape index (κ3) is 2.54. The van der Waals surface area contributed by atoms with Gasteiger partial charge >= 0.3 is 0 Å². The van der Waals surface area contributed by atoms with Crippen LogP contribution in [0.1, 0.15) is 19.9 Å². The first-order valence-electron chi connectivity index (χ1n) is 6.70. The van der Waals surface area contributed by atoms with Gasteiger partial charge in [-0.05, 0) is 50.2 Å². The first-order valence-corrected chi connectivity index (χ1v) is 7.87. The second kappa shape index (κ2) is 5.35. The van der Waals surface area contributed by atoms with E-state index in [0.717, 1.165) is 26.9 Å². The Kier molecular flexibility index (Phi) is 3.68. The predicted molar refractivity (Wildman–Crippen MR) is 92.7 cm³/mol. The summed E-state index contributed by atoms with van der Waals surface area (Å²) in [7, 11) is 0. The number of hydrogen-bond donors (Lipinski definition) is 1. The highest BCUT2D eigenvalue weighted by atomic mass is 79.9. The van der Waals surface area contributed by atoms with Crippen molar-refractivity contribution in [2.24, 2.45) is 0 Å². The largest absolute Gasteiger partial charge is 0.398 e. The highest BCUT2D eigenvalue weighted by molar-refractivity contribution is 9.10. The molecule has 0 fully saturated rings. The molecule has 0 bridgehead atoms. The maximum Gasteiger partial charge on any atom is 0.143 e. The molecule has 0 saturated heterocycles. The minimum atomic E-state index is 0.252. The van der Waals surface area contributed by atoms with Gasteiger partial charge in [0.15, 0.2) is 0 Å². The van der Waals surface area contributed by atoms with Gasteiger partial charge in [0.25, 0.3) is 0 Å². The van der Waals surface area contributed by atoms with Gasteiger partial charge in [0.05, 0.1) is 11.0 Å². The van der Waals surface area contributed by atoms with Crippen molar-refractivity contribution in [1.29, 1.82) is 0 Å². The number of halogens is 2. The van der Waals surface area contributed by atoms with Crippen molar-refractivity contribution < 1.29 is 0 Å². The van der Waals surface area contributed by atoms with E-state index in [9.17, 15) is 0 Å². The molecule has 0 aliphatic carbocycles. The molecule has 1 heterocycles. The maximum atomic E-state index is 6.14. The lowest BCUT2D eigenvalue weighted by atomic mass is 10.1. The van der Waals surface area contributed by atoms with Crippen molar-refractivity contribution in [3.05, 3.63) is 45.9 Å². The molecule has 0 amide bonds. The van der Waals surface area contributed by atoms with E-state index in [-0.39, 0.29) is 6.04 Å². The molecule has 0 unspecified atom stereocenters. The van der Waals surface area contributed by atoms with E-state index in [4.69, 9.17) is 22.3 Å². The fraction of sp³-hybridized carbons (Fsp3) is 0.188. The van der Waals surface area contributed by atoms with Crippen LogP contribution in [0.4, 0.5) is 5.69 Å². The quantitative estimate of drug-likeness (QED) is 0.628. The Balaban J connectivity index is 2.36. The molecule has 0 spiro atoms. The Bertz CT molecular complexity index is 824. The number of benzene rings is 2. The summed E-state index contributed by atoms with van der Waals surface area (Å²) >= 11 is 9.63. The SMILES string of the molecule is CC(C)n1c(-c2cc(Br)ccc2N)nc2ccc(Cl)cc21. The molecule has 2 aromatic carbocycles. The van der Waals surface area contributed by atoms with Gasteiger partial charge in [-0.2, -0.15) is 0 Å². The zero-order valence-electron chi connectivity index (χ0n) is 11.8. The number of fused-ring (bicyclic) bond motifs is 1. The van der Waals surface area contributed by atoms with Gasteiger partial charge in [-0.1, -0.05) is 27.5 Å². The van der Waals surface area contributed by atoms with Crippen LogP contribution in [0.2, 0.25) is 5.02 Å². The molecule has 0 atom stereocenters. The second-order valence-electron chi connectivity index (χ2n) is 5.26. The van der Waals surface area contributed by atoms with E-state index in [1.54, 1.807) is 0 Å². The Labute approximate surface area is 136 Å². The minimum Gasteiger partial charge on any atom is -0.398 e. The Morgan fingerprint density at radius 3 is 2.67 bits per heavy atom. The van der Waals surface area contributed by atoms with Crippen molar-refractivity contribution >= 4 is 44.3 Å². The van der Waals surface area contributed by atoms with Crippen molar-refractivity contribution in [2.75, 3.05) is 5.73 Å². The molecule has 3 rings (SSSR count). The highest BCUT2D eigenvalue weighted by Crippen LogP contribution is 2.34. The van der Waals surface area contributed by atoms with Gasteiger partial charge < -0.3 is 10.3 Å². The second-order valence-corrected chi connectivity index (χ2v) is 6.62. The number of hydrogen-bond acceptors (Lipinski definition) is 2. The van der Waals surface area contributed by atoms with Crippen LogP contribution in [0.3, 0.4) is 0 Å². The van der Waals surface area contributed by atoms with Crippen LogP contribution in [-0.2, 0) is 0 Å². The molecule has 108 valence electrons. The van der Waals surface area contributed by atoms with E-state index in [1.807, 2.05) is 36.4 Å². The Hall–Kier alpha value is -1.52. The van der Waals surface area contributed by atoms with Crippen molar-refractivity contribution in [3.63, 3.8) is 0 Å². The van der Waals surface area contributed by atoms with E-state index in [0.29, 0.717) is 10.7 Å². The van der Waals surface area contributed by atoms with Crippen LogP contribution in [0, 0.1) is 0 Å². The molecular formula is C16H15BrClN3. The summed E-state index contributed by atoms with van der Waals surface area (Å²) in [5, 5.41) is 0.707. The smallest absolute Gasteiger partial charge is 0.143 e. The highest BCUT2D eigenvalue weighted by Gasteiger charge is 2.17. The summed E-state index contributed by atoms with van der Waals surface area (Å²) in [4.78, 5) is 4.75. The zero-order valence-corrected chi connectivity index (χ0v) is 14.1. The number of nitrogen functional groups attached to an aromatic ring is 1. The summed E-state index contributed by atoms with van der Waals surface area (Å²) < 4.78 is 3.14. The van der Waals surface area contributed by atoms with Gasteiger partial charge in [0.1, 0.15) is 5.82 Å². The number of aromatic nitrogens is 2. The minimum absolute atomic E-state index is 0.252. The first-order chi connectivity index (χ1) is 9.97. The third-order valence-corrected chi connectivity index (χ3v) is 4.15. The molecule has 0 radical (unpaired) electrons. The van der Waals surface area contributed by atoms with E-state index >= 15 is 0 Å². The van der Waals surface area contributed by atoms with Crippen LogP contribution in [0.25, 0.3) is 22.4 Å². The van der Waals surface area contributed by atoms with Gasteiger partial charge in [0, 0.05) is 26.8 Å². The number of rotatable bonds is 2. The molecule has 2 N–H and O–H groups in total. The molecule has 0 saturated carbocycles. The fourth-order valence-electron chi connectivity index (χ4n) is 2.50. The maximum absolute atomic E-state index is 6.14. The van der Waals surface area contributed by atoms with Crippen molar-refractivity contribution in [1.82, 2.24) is 9.55 Å². The first kappa shape index (κ1) is 14.4. The average Bonchev–Trinajstić information content (AvgIpc) is 2.79. The standard InChI is InChI=1S/C16H15BrClN3/c1-9(2)21-15-8-11(18)4-6-14(15)20-16(21)12-7-10(17)3-5-13(12)19/h3-9H,19H2,1-2H3. The molecule has 5 heteroatoms. The summed E-state index contributed by atoms with van der Waals surface area (Å²) in [6.45, 7) is 4.25. The Morgan fingerprint density at radius 1 is 1.19 bits per heavy atom. The molecular weight excluding hydrogens is 350 g/mol. The van der Waals surface area contributed by atoms with Gasteiger partial charge in [-0.25, -0.2) is 4.98 Å². The van der Waals surface area contributed by atoms with E-state index in [2.05, 4.69) is 34.3 Å². The summed E-state index contributed by atoms with van der Waals surface area (Å²) in [6.07, 6.45) is 0. The van der Waals surface area contributed by atoms with Gasteiger partial charge in [-0.3, -0.25) is 0 Å². The van der Waals surface area contributed by atoms with E-state index < -0.39 is 0 Å². The number of anilines is 1.